The molecular formula is C22H29F3N4O3. The predicted molar refractivity (Wildman–Crippen MR) is 111 cm³/mol. The summed E-state index contributed by atoms with van der Waals surface area (Å²) in [5.41, 5.74) is -1.69. The third kappa shape index (κ3) is 3.99. The van der Waals surface area contributed by atoms with E-state index in [1.165, 1.54) is 10.8 Å². The molecule has 1 aromatic rings. The zero-order valence-electron chi connectivity index (χ0n) is 18.4. The lowest BCUT2D eigenvalue weighted by molar-refractivity contribution is -0.137. The molecule has 7 nitrogen and oxygen atoms in total. The molecule has 1 aromatic heterocycles. The molecule has 176 valence electrons. The summed E-state index contributed by atoms with van der Waals surface area (Å²) >= 11 is 0. The van der Waals surface area contributed by atoms with Gasteiger partial charge in [0.05, 0.1) is 11.1 Å². The fourth-order valence-corrected chi connectivity index (χ4v) is 5.59. The summed E-state index contributed by atoms with van der Waals surface area (Å²) in [5, 5.41) is 2.97. The van der Waals surface area contributed by atoms with E-state index in [9.17, 15) is 27.6 Å². The summed E-state index contributed by atoms with van der Waals surface area (Å²) in [6.07, 6.45) is -0.258. The number of likely N-dealkylation sites (tertiary alicyclic amines) is 2. The van der Waals surface area contributed by atoms with Gasteiger partial charge in [0.15, 0.2) is 0 Å². The van der Waals surface area contributed by atoms with Gasteiger partial charge in [-0.15, -0.1) is 0 Å². The first-order chi connectivity index (χ1) is 15.1. The molecule has 4 heterocycles. The summed E-state index contributed by atoms with van der Waals surface area (Å²) in [6, 6.07) is 1.59. The largest absolute Gasteiger partial charge is 0.416 e. The van der Waals surface area contributed by atoms with Crippen LogP contribution in [0.3, 0.4) is 0 Å². The van der Waals surface area contributed by atoms with E-state index in [2.05, 4.69) is 5.32 Å². The maximum absolute atomic E-state index is 12.7. The second-order valence-electron chi connectivity index (χ2n) is 9.50. The van der Waals surface area contributed by atoms with E-state index in [-0.39, 0.29) is 28.8 Å². The van der Waals surface area contributed by atoms with Crippen LogP contribution < -0.4 is 10.9 Å². The van der Waals surface area contributed by atoms with E-state index in [4.69, 9.17) is 0 Å². The Hall–Kier alpha value is -2.52. The molecule has 0 atom stereocenters. The van der Waals surface area contributed by atoms with Crippen molar-refractivity contribution in [2.45, 2.75) is 57.8 Å². The van der Waals surface area contributed by atoms with Gasteiger partial charge >= 0.3 is 12.2 Å². The Bertz CT molecular complexity index is 954. The minimum Gasteiger partial charge on any atom is -0.347 e. The van der Waals surface area contributed by atoms with Crippen LogP contribution in [0.15, 0.2) is 23.1 Å². The van der Waals surface area contributed by atoms with E-state index < -0.39 is 17.3 Å². The van der Waals surface area contributed by atoms with Crippen molar-refractivity contribution in [3.8, 4) is 0 Å². The van der Waals surface area contributed by atoms with Gasteiger partial charge in [-0.25, -0.2) is 4.79 Å². The van der Waals surface area contributed by atoms with Crippen molar-refractivity contribution in [3.05, 3.63) is 34.2 Å². The molecule has 4 aliphatic rings. The molecule has 4 fully saturated rings. The maximum atomic E-state index is 12.7. The number of nitrogens with zero attached hydrogens (tertiary/aromatic N) is 3. The first-order valence-electron chi connectivity index (χ1n) is 11.2. The Morgan fingerprint density at radius 1 is 1.12 bits per heavy atom. The lowest BCUT2D eigenvalue weighted by atomic mass is 9.57. The van der Waals surface area contributed by atoms with Crippen LogP contribution in [-0.2, 0) is 17.5 Å². The minimum atomic E-state index is -4.51. The van der Waals surface area contributed by atoms with Gasteiger partial charge in [-0.05, 0) is 31.2 Å². The molecule has 3 saturated heterocycles. The summed E-state index contributed by atoms with van der Waals surface area (Å²) in [6.45, 7) is 6.91. The van der Waals surface area contributed by atoms with Gasteiger partial charge in [0, 0.05) is 56.8 Å². The molecule has 3 amide bonds. The van der Waals surface area contributed by atoms with E-state index in [0.29, 0.717) is 45.2 Å². The van der Waals surface area contributed by atoms with Crippen molar-refractivity contribution in [2.75, 3.05) is 26.2 Å². The maximum Gasteiger partial charge on any atom is 0.416 e. The van der Waals surface area contributed by atoms with Crippen LogP contribution in [0.1, 0.15) is 45.1 Å². The lowest BCUT2D eigenvalue weighted by Gasteiger charge is -2.61. The number of rotatable bonds is 2. The number of halogens is 3. The summed E-state index contributed by atoms with van der Waals surface area (Å²) < 4.78 is 39.4. The van der Waals surface area contributed by atoms with Crippen molar-refractivity contribution >= 4 is 11.9 Å². The van der Waals surface area contributed by atoms with Gasteiger partial charge in [-0.1, -0.05) is 13.8 Å². The van der Waals surface area contributed by atoms with Crippen molar-refractivity contribution in [2.24, 2.45) is 11.3 Å². The highest BCUT2D eigenvalue weighted by Crippen LogP contribution is 2.52. The smallest absolute Gasteiger partial charge is 0.347 e. The molecule has 0 aromatic carbocycles. The monoisotopic (exact) mass is 454 g/mol. The molecule has 2 spiro atoms. The third-order valence-corrected chi connectivity index (χ3v) is 7.04. The number of carbonyl (C=O) groups excluding carboxylic acids is 2. The first kappa shape index (κ1) is 22.7. The number of pyridine rings is 1. The van der Waals surface area contributed by atoms with E-state index in [1.54, 1.807) is 4.90 Å². The molecule has 0 unspecified atom stereocenters. The molecule has 32 heavy (non-hydrogen) atoms. The Balaban J connectivity index is 0.00000119. The number of aromatic nitrogens is 1. The van der Waals surface area contributed by atoms with E-state index >= 15 is 0 Å². The molecule has 0 radical (unpaired) electrons. The van der Waals surface area contributed by atoms with Gasteiger partial charge in [-0.2, -0.15) is 13.2 Å². The standard InChI is InChI=1S/C20H23F3N4O3.C2H6/c21-20(22,23)14-2-4-25(16(29)5-14)8-13-6-18(7-13)9-26(10-18)17(30)27-11-19(12-27)3-1-15(28)24-19;1-2/h2,4-5,13H,1,3,6-12H2,(H,24,28);1-2H3. The second-order valence-corrected chi connectivity index (χ2v) is 9.50. The van der Waals surface area contributed by atoms with Gasteiger partial charge in [-0.3, -0.25) is 9.59 Å². The number of hydrogen-bond donors (Lipinski definition) is 1. The molecule has 1 N–H and O–H groups in total. The molecule has 10 heteroatoms. The number of hydrogen-bond acceptors (Lipinski definition) is 3. The van der Waals surface area contributed by atoms with Crippen LogP contribution in [0.5, 0.6) is 0 Å². The van der Waals surface area contributed by atoms with Crippen molar-refractivity contribution in [1.82, 2.24) is 19.7 Å². The van der Waals surface area contributed by atoms with Crippen LogP contribution in [-0.4, -0.2) is 58.0 Å². The van der Waals surface area contributed by atoms with Crippen molar-refractivity contribution in [1.29, 1.82) is 0 Å². The quantitative estimate of drug-likeness (QED) is 0.747. The van der Waals surface area contributed by atoms with Gasteiger partial charge in [0.1, 0.15) is 0 Å². The van der Waals surface area contributed by atoms with Crippen LogP contribution >= 0.6 is 0 Å². The third-order valence-electron chi connectivity index (χ3n) is 7.04. The number of amides is 3. The number of nitrogens with one attached hydrogen (secondary N) is 1. The Kier molecular flexibility index (Phi) is 5.53. The van der Waals surface area contributed by atoms with Crippen LogP contribution in [0, 0.1) is 11.3 Å². The highest BCUT2D eigenvalue weighted by atomic mass is 19.4. The molecule has 3 aliphatic heterocycles. The minimum absolute atomic E-state index is 0.00908. The molecule has 5 rings (SSSR count). The Morgan fingerprint density at radius 3 is 2.28 bits per heavy atom. The zero-order chi connectivity index (χ0) is 23.3. The highest BCUT2D eigenvalue weighted by Gasteiger charge is 2.56. The second kappa shape index (κ2) is 7.81. The fourth-order valence-electron chi connectivity index (χ4n) is 5.59. The molecule has 1 aliphatic carbocycles. The first-order valence-corrected chi connectivity index (χ1v) is 11.2. The van der Waals surface area contributed by atoms with Gasteiger partial charge < -0.3 is 19.7 Å². The van der Waals surface area contributed by atoms with Crippen LogP contribution in [0.4, 0.5) is 18.0 Å². The van der Waals surface area contributed by atoms with Crippen molar-refractivity contribution < 1.29 is 22.8 Å². The summed E-state index contributed by atoms with van der Waals surface area (Å²) in [5.74, 6) is 0.287. The normalized spacial score (nSPS) is 23.1. The van der Waals surface area contributed by atoms with E-state index in [1.807, 2.05) is 18.7 Å². The van der Waals surface area contributed by atoms with Crippen LogP contribution in [0.2, 0.25) is 0 Å². The van der Waals surface area contributed by atoms with Gasteiger partial charge in [0.25, 0.3) is 5.56 Å². The van der Waals surface area contributed by atoms with Gasteiger partial charge in [0.2, 0.25) is 5.91 Å². The summed E-state index contributed by atoms with van der Waals surface area (Å²) in [7, 11) is 0. The molecule has 0 bridgehead atoms. The summed E-state index contributed by atoms with van der Waals surface area (Å²) in [4.78, 5) is 39.6. The fraction of sp³-hybridized carbons (Fsp3) is 0.682. The average molecular weight is 454 g/mol. The zero-order valence-corrected chi connectivity index (χ0v) is 18.4. The SMILES string of the molecule is CC.O=C1CCC2(CN(C(=O)N3CC4(CC(Cn5ccc(C(F)(F)F)cc5=O)C4)C3)C2)N1. The van der Waals surface area contributed by atoms with Crippen LogP contribution in [0.25, 0.3) is 0 Å². The number of alkyl halides is 3. The average Bonchev–Trinajstić information content (AvgIpc) is 3.05. The Labute approximate surface area is 184 Å². The number of urea groups is 1. The Morgan fingerprint density at radius 2 is 1.75 bits per heavy atom. The molecular weight excluding hydrogens is 425 g/mol. The van der Waals surface area contributed by atoms with Crippen molar-refractivity contribution in [3.63, 3.8) is 0 Å². The predicted octanol–water partition coefficient (Wildman–Crippen LogP) is 2.69. The number of carbonyl (C=O) groups is 2. The highest BCUT2D eigenvalue weighted by molar-refractivity contribution is 5.82. The molecule has 1 saturated carbocycles. The topological polar surface area (TPSA) is 74.7 Å². The lowest BCUT2D eigenvalue weighted by Crippen LogP contribution is -2.73. The van der Waals surface area contributed by atoms with E-state index in [0.717, 1.165) is 25.3 Å².